The number of carbonyl (C=O) groups is 3. The van der Waals surface area contributed by atoms with E-state index in [4.69, 9.17) is 4.74 Å². The van der Waals surface area contributed by atoms with Gasteiger partial charge in [-0.15, -0.1) is 0 Å². The summed E-state index contributed by atoms with van der Waals surface area (Å²) in [5.41, 5.74) is 2.25. The summed E-state index contributed by atoms with van der Waals surface area (Å²) in [6.07, 6.45) is 1.06. The lowest BCUT2D eigenvalue weighted by molar-refractivity contribution is -0.143. The number of benzene rings is 3. The van der Waals surface area contributed by atoms with Gasteiger partial charge in [0, 0.05) is 19.5 Å². The third-order valence-corrected chi connectivity index (χ3v) is 6.23. The summed E-state index contributed by atoms with van der Waals surface area (Å²) in [5.74, 6) is -0.953. The average Bonchev–Trinajstić information content (AvgIpc) is 2.95. The SMILES string of the molecule is C=Cc1cccc(C(C(=O)NCc2ccccc2)N(CCO)C(=O)C(Cc2ccccc2)NC(=O)OC(C)(C)C)c1. The molecule has 3 amide bonds. The summed E-state index contributed by atoms with van der Waals surface area (Å²) in [6, 6.07) is 23.7. The van der Waals surface area contributed by atoms with Gasteiger partial charge < -0.3 is 25.4 Å². The lowest BCUT2D eigenvalue weighted by Crippen LogP contribution is -2.54. The summed E-state index contributed by atoms with van der Waals surface area (Å²) in [6.45, 7) is 8.75. The van der Waals surface area contributed by atoms with E-state index in [2.05, 4.69) is 17.2 Å². The van der Waals surface area contributed by atoms with Crippen LogP contribution in [0.25, 0.3) is 6.08 Å². The van der Waals surface area contributed by atoms with Gasteiger partial charge in [-0.05, 0) is 49.1 Å². The summed E-state index contributed by atoms with van der Waals surface area (Å²) >= 11 is 0. The van der Waals surface area contributed by atoms with E-state index in [1.54, 1.807) is 45.0 Å². The average molecular weight is 558 g/mol. The molecule has 0 aromatic heterocycles. The second-order valence-electron chi connectivity index (χ2n) is 10.6. The number of nitrogens with zero attached hydrogens (tertiary/aromatic N) is 1. The molecule has 2 atom stereocenters. The van der Waals surface area contributed by atoms with E-state index < -0.39 is 35.6 Å². The number of hydrogen-bond acceptors (Lipinski definition) is 5. The monoisotopic (exact) mass is 557 g/mol. The van der Waals surface area contributed by atoms with Crippen LogP contribution in [0.4, 0.5) is 4.79 Å². The molecule has 3 aromatic rings. The van der Waals surface area contributed by atoms with Crippen molar-refractivity contribution in [3.05, 3.63) is 114 Å². The van der Waals surface area contributed by atoms with E-state index in [1.807, 2.05) is 66.7 Å². The normalized spacial score (nSPS) is 12.5. The molecule has 0 saturated carbocycles. The Morgan fingerprint density at radius 2 is 1.59 bits per heavy atom. The van der Waals surface area contributed by atoms with Gasteiger partial charge in [0.1, 0.15) is 17.7 Å². The summed E-state index contributed by atoms with van der Waals surface area (Å²) in [5, 5.41) is 15.7. The van der Waals surface area contributed by atoms with E-state index in [9.17, 15) is 19.5 Å². The Bertz CT molecular complexity index is 1310. The maximum Gasteiger partial charge on any atom is 0.408 e. The number of hydrogen-bond donors (Lipinski definition) is 3. The maximum atomic E-state index is 14.2. The number of nitrogens with one attached hydrogen (secondary N) is 2. The number of aliphatic hydroxyl groups is 1. The van der Waals surface area contributed by atoms with Crippen molar-refractivity contribution in [2.75, 3.05) is 13.2 Å². The summed E-state index contributed by atoms with van der Waals surface area (Å²) in [7, 11) is 0. The van der Waals surface area contributed by atoms with Crippen molar-refractivity contribution in [2.24, 2.45) is 0 Å². The van der Waals surface area contributed by atoms with Crippen LogP contribution < -0.4 is 10.6 Å². The van der Waals surface area contributed by atoms with Crippen LogP contribution in [0.3, 0.4) is 0 Å². The Balaban J connectivity index is 2.00. The van der Waals surface area contributed by atoms with Gasteiger partial charge in [0.2, 0.25) is 11.8 Å². The molecule has 0 aliphatic rings. The van der Waals surface area contributed by atoms with Crippen molar-refractivity contribution < 1.29 is 24.2 Å². The van der Waals surface area contributed by atoms with Crippen LogP contribution in [-0.2, 0) is 27.3 Å². The molecule has 216 valence electrons. The first-order valence-electron chi connectivity index (χ1n) is 13.6. The predicted octanol–water partition coefficient (Wildman–Crippen LogP) is 4.64. The van der Waals surface area contributed by atoms with E-state index >= 15 is 0 Å². The second kappa shape index (κ2) is 14.8. The molecule has 3 N–H and O–H groups in total. The molecule has 0 spiro atoms. The highest BCUT2D eigenvalue weighted by molar-refractivity contribution is 5.92. The van der Waals surface area contributed by atoms with Crippen LogP contribution in [0.15, 0.2) is 91.5 Å². The van der Waals surface area contributed by atoms with Crippen LogP contribution in [0.1, 0.15) is 49.1 Å². The van der Waals surface area contributed by atoms with Crippen LogP contribution in [0.5, 0.6) is 0 Å². The van der Waals surface area contributed by atoms with Crippen LogP contribution in [0, 0.1) is 0 Å². The first kappa shape index (κ1) is 31.1. The van der Waals surface area contributed by atoms with Crippen LogP contribution >= 0.6 is 0 Å². The number of carbonyl (C=O) groups excluding carboxylic acids is 3. The Morgan fingerprint density at radius 3 is 2.17 bits per heavy atom. The molecule has 0 fully saturated rings. The molecule has 41 heavy (non-hydrogen) atoms. The van der Waals surface area contributed by atoms with E-state index in [-0.39, 0.29) is 26.1 Å². The first-order valence-corrected chi connectivity index (χ1v) is 13.6. The number of rotatable bonds is 12. The number of amides is 3. The molecule has 0 radical (unpaired) electrons. The van der Waals surface area contributed by atoms with Crippen molar-refractivity contribution in [3.63, 3.8) is 0 Å². The minimum absolute atomic E-state index is 0.137. The molecular formula is C33H39N3O5. The Morgan fingerprint density at radius 1 is 0.951 bits per heavy atom. The first-order chi connectivity index (χ1) is 19.6. The van der Waals surface area contributed by atoms with Crippen molar-refractivity contribution in [2.45, 2.75) is 51.4 Å². The maximum absolute atomic E-state index is 14.2. The van der Waals surface area contributed by atoms with Gasteiger partial charge in [-0.1, -0.05) is 91.5 Å². The molecule has 8 nitrogen and oxygen atoms in total. The third-order valence-electron chi connectivity index (χ3n) is 6.23. The van der Waals surface area contributed by atoms with Gasteiger partial charge >= 0.3 is 6.09 Å². The Hall–Kier alpha value is -4.43. The van der Waals surface area contributed by atoms with E-state index in [0.717, 1.165) is 16.7 Å². The third kappa shape index (κ3) is 9.61. The Labute approximate surface area is 242 Å². The topological polar surface area (TPSA) is 108 Å². The van der Waals surface area contributed by atoms with Crippen molar-refractivity contribution in [3.8, 4) is 0 Å². The van der Waals surface area contributed by atoms with Gasteiger partial charge in [0.25, 0.3) is 0 Å². The van der Waals surface area contributed by atoms with Crippen molar-refractivity contribution >= 4 is 24.0 Å². The van der Waals surface area contributed by atoms with Crippen LogP contribution in [0.2, 0.25) is 0 Å². The fraction of sp³-hybridized carbons (Fsp3) is 0.303. The highest BCUT2D eigenvalue weighted by atomic mass is 16.6. The standard InChI is InChI=1S/C33H39N3O5/c1-5-24-17-12-18-27(21-24)29(30(38)34-23-26-15-10-7-11-16-26)36(19-20-37)31(39)28(22-25-13-8-6-9-14-25)35-32(40)41-33(2,3)4/h5-18,21,28-29,37H,1,19-20,22-23H2,2-4H3,(H,34,38)(H,35,40). The molecule has 0 bridgehead atoms. The smallest absolute Gasteiger partial charge is 0.408 e. The fourth-order valence-electron chi connectivity index (χ4n) is 4.38. The number of aliphatic hydroxyl groups excluding tert-OH is 1. The lowest BCUT2D eigenvalue weighted by atomic mass is 9.98. The molecule has 0 saturated heterocycles. The Kier molecular flexibility index (Phi) is 11.2. The largest absolute Gasteiger partial charge is 0.444 e. The van der Waals surface area contributed by atoms with Gasteiger partial charge in [-0.2, -0.15) is 0 Å². The molecule has 0 aliphatic carbocycles. The zero-order valence-electron chi connectivity index (χ0n) is 23.9. The summed E-state index contributed by atoms with van der Waals surface area (Å²) in [4.78, 5) is 42.2. The second-order valence-corrected chi connectivity index (χ2v) is 10.6. The van der Waals surface area contributed by atoms with Gasteiger partial charge in [-0.3, -0.25) is 9.59 Å². The predicted molar refractivity (Wildman–Crippen MR) is 160 cm³/mol. The van der Waals surface area contributed by atoms with Crippen molar-refractivity contribution in [1.29, 1.82) is 0 Å². The van der Waals surface area contributed by atoms with Gasteiger partial charge in [0.15, 0.2) is 0 Å². The van der Waals surface area contributed by atoms with E-state index in [1.165, 1.54) is 4.90 Å². The summed E-state index contributed by atoms with van der Waals surface area (Å²) < 4.78 is 5.45. The quantitative estimate of drug-likeness (QED) is 0.301. The molecule has 0 heterocycles. The van der Waals surface area contributed by atoms with Crippen LogP contribution in [-0.4, -0.2) is 52.7 Å². The number of ether oxygens (including phenoxy) is 1. The van der Waals surface area contributed by atoms with Gasteiger partial charge in [-0.25, -0.2) is 4.79 Å². The highest BCUT2D eigenvalue weighted by Gasteiger charge is 2.36. The minimum atomic E-state index is -1.09. The minimum Gasteiger partial charge on any atom is -0.444 e. The zero-order valence-corrected chi connectivity index (χ0v) is 23.9. The van der Waals surface area contributed by atoms with Gasteiger partial charge in [0.05, 0.1) is 6.61 Å². The molecule has 8 heteroatoms. The zero-order chi connectivity index (χ0) is 29.8. The fourth-order valence-corrected chi connectivity index (χ4v) is 4.38. The van der Waals surface area contributed by atoms with E-state index in [0.29, 0.717) is 5.56 Å². The lowest BCUT2D eigenvalue weighted by Gasteiger charge is -2.34. The molecular weight excluding hydrogens is 518 g/mol. The molecule has 0 aliphatic heterocycles. The molecule has 2 unspecified atom stereocenters. The number of alkyl carbamates (subject to hydrolysis) is 1. The molecule has 3 aromatic carbocycles. The van der Waals surface area contributed by atoms with Crippen molar-refractivity contribution in [1.82, 2.24) is 15.5 Å². The highest BCUT2D eigenvalue weighted by Crippen LogP contribution is 2.25. The molecule has 3 rings (SSSR count).